The molecule has 1 N–H and O–H groups in total. The van der Waals surface area contributed by atoms with E-state index in [4.69, 9.17) is 16.3 Å². The van der Waals surface area contributed by atoms with E-state index in [-0.39, 0.29) is 16.4 Å². The van der Waals surface area contributed by atoms with Crippen molar-refractivity contribution in [3.8, 4) is 0 Å². The predicted octanol–water partition coefficient (Wildman–Crippen LogP) is 3.38. The summed E-state index contributed by atoms with van der Waals surface area (Å²) in [6.07, 6.45) is -2.90. The van der Waals surface area contributed by atoms with Crippen LogP contribution in [0.3, 0.4) is 0 Å². The highest BCUT2D eigenvalue weighted by Gasteiger charge is 2.35. The Balaban J connectivity index is 2.07. The lowest BCUT2D eigenvalue weighted by atomic mass is 9.82. The van der Waals surface area contributed by atoms with E-state index in [0.717, 1.165) is 12.8 Å². The Morgan fingerprint density at radius 2 is 2.00 bits per heavy atom. The molecule has 0 radical (unpaired) electrons. The van der Waals surface area contributed by atoms with Gasteiger partial charge in [0, 0.05) is 25.8 Å². The van der Waals surface area contributed by atoms with Crippen molar-refractivity contribution >= 4 is 17.4 Å². The van der Waals surface area contributed by atoms with E-state index in [0.29, 0.717) is 19.8 Å². The van der Waals surface area contributed by atoms with Crippen molar-refractivity contribution in [2.24, 2.45) is 5.41 Å². The molecule has 2 rings (SSSR count). The third-order valence-electron chi connectivity index (χ3n) is 3.34. The van der Waals surface area contributed by atoms with Crippen molar-refractivity contribution in [3.63, 3.8) is 0 Å². The zero-order valence-electron chi connectivity index (χ0n) is 10.9. The van der Waals surface area contributed by atoms with Gasteiger partial charge < -0.3 is 10.1 Å². The normalized spacial score (nSPS) is 18.9. The number of hydrogen-bond donors (Lipinski definition) is 1. The van der Waals surface area contributed by atoms with E-state index in [1.54, 1.807) is 0 Å². The van der Waals surface area contributed by atoms with Crippen LogP contribution in [-0.2, 0) is 10.9 Å². The van der Waals surface area contributed by atoms with Crippen molar-refractivity contribution in [2.75, 3.05) is 25.1 Å². The maximum absolute atomic E-state index is 12.6. The molecule has 0 bridgehead atoms. The van der Waals surface area contributed by atoms with Crippen molar-refractivity contribution in [3.05, 3.63) is 17.0 Å². The number of alkyl halides is 3. The fourth-order valence-electron chi connectivity index (χ4n) is 1.98. The van der Waals surface area contributed by atoms with Gasteiger partial charge in [-0.2, -0.15) is 13.2 Å². The van der Waals surface area contributed by atoms with Gasteiger partial charge in [0.15, 0.2) is 0 Å². The van der Waals surface area contributed by atoms with Crippen LogP contribution < -0.4 is 5.32 Å². The molecular weight excluding hydrogens is 295 g/mol. The zero-order valence-corrected chi connectivity index (χ0v) is 11.7. The van der Waals surface area contributed by atoms with Crippen LogP contribution in [-0.4, -0.2) is 29.7 Å². The minimum Gasteiger partial charge on any atom is -0.381 e. The maximum Gasteiger partial charge on any atom is 0.451 e. The summed E-state index contributed by atoms with van der Waals surface area (Å²) < 4.78 is 43.0. The lowest BCUT2D eigenvalue weighted by Crippen LogP contribution is -2.33. The van der Waals surface area contributed by atoms with Crippen LogP contribution in [0.4, 0.5) is 19.0 Å². The van der Waals surface area contributed by atoms with E-state index in [2.05, 4.69) is 22.2 Å². The predicted molar refractivity (Wildman–Crippen MR) is 68.7 cm³/mol. The van der Waals surface area contributed by atoms with Crippen LogP contribution in [0.5, 0.6) is 0 Å². The highest BCUT2D eigenvalue weighted by molar-refractivity contribution is 6.29. The Labute approximate surface area is 119 Å². The molecule has 1 aliphatic rings. The molecule has 1 aromatic rings. The fourth-order valence-corrected chi connectivity index (χ4v) is 2.16. The number of halogens is 4. The molecule has 1 aliphatic heterocycles. The van der Waals surface area contributed by atoms with Gasteiger partial charge in [-0.05, 0) is 18.3 Å². The van der Waals surface area contributed by atoms with Gasteiger partial charge in [-0.15, -0.1) is 0 Å². The van der Waals surface area contributed by atoms with Crippen LogP contribution in [0.1, 0.15) is 25.6 Å². The first-order valence-corrected chi connectivity index (χ1v) is 6.60. The second-order valence-corrected chi connectivity index (χ2v) is 5.56. The highest BCUT2D eigenvalue weighted by atomic mass is 35.5. The smallest absolute Gasteiger partial charge is 0.381 e. The highest BCUT2D eigenvalue weighted by Crippen LogP contribution is 2.31. The molecule has 1 aromatic heterocycles. The van der Waals surface area contributed by atoms with Crippen LogP contribution in [0.2, 0.25) is 5.15 Å². The van der Waals surface area contributed by atoms with Gasteiger partial charge in [0.25, 0.3) is 0 Å². The molecule has 20 heavy (non-hydrogen) atoms. The van der Waals surface area contributed by atoms with Gasteiger partial charge in [0.1, 0.15) is 11.0 Å². The van der Waals surface area contributed by atoms with E-state index >= 15 is 0 Å². The second-order valence-electron chi connectivity index (χ2n) is 5.17. The van der Waals surface area contributed by atoms with Crippen LogP contribution in [0.15, 0.2) is 6.07 Å². The second kappa shape index (κ2) is 5.73. The molecule has 2 heterocycles. The number of rotatable bonds is 3. The summed E-state index contributed by atoms with van der Waals surface area (Å²) in [5, 5.41) is 2.69. The molecule has 0 aliphatic carbocycles. The first kappa shape index (κ1) is 15.3. The van der Waals surface area contributed by atoms with Crippen molar-refractivity contribution in [1.82, 2.24) is 9.97 Å². The summed E-state index contributed by atoms with van der Waals surface area (Å²) in [5.41, 5.74) is -0.0198. The van der Waals surface area contributed by atoms with Gasteiger partial charge in [-0.25, -0.2) is 9.97 Å². The summed E-state index contributed by atoms with van der Waals surface area (Å²) in [5.74, 6) is -1.14. The van der Waals surface area contributed by atoms with Gasteiger partial charge in [-0.3, -0.25) is 0 Å². The molecule has 8 heteroatoms. The summed E-state index contributed by atoms with van der Waals surface area (Å²) in [6, 6.07) is 1.29. The lowest BCUT2D eigenvalue weighted by molar-refractivity contribution is -0.144. The summed E-state index contributed by atoms with van der Waals surface area (Å²) >= 11 is 5.60. The molecule has 1 fully saturated rings. The number of hydrogen-bond acceptors (Lipinski definition) is 4. The standard InChI is InChI=1S/C12H15ClF3N3O/c1-11(2-4-20-5-3-11)7-17-9-6-8(13)18-10(19-9)12(14,15)16/h6H,2-5,7H2,1H3,(H,17,18,19). The van der Waals surface area contributed by atoms with E-state index in [9.17, 15) is 13.2 Å². The van der Waals surface area contributed by atoms with E-state index < -0.39 is 12.0 Å². The Morgan fingerprint density at radius 3 is 2.60 bits per heavy atom. The van der Waals surface area contributed by atoms with Gasteiger partial charge in [-0.1, -0.05) is 18.5 Å². The third kappa shape index (κ3) is 3.96. The SMILES string of the molecule is CC1(CNc2cc(Cl)nc(C(F)(F)F)n2)CCOCC1. The van der Waals surface area contributed by atoms with E-state index in [1.165, 1.54) is 6.07 Å². The number of aromatic nitrogens is 2. The maximum atomic E-state index is 12.6. The minimum atomic E-state index is -4.61. The van der Waals surface area contributed by atoms with Crippen LogP contribution in [0, 0.1) is 5.41 Å². The minimum absolute atomic E-state index is 0.0198. The molecule has 1 saturated heterocycles. The number of nitrogens with one attached hydrogen (secondary N) is 1. The molecule has 0 amide bonds. The van der Waals surface area contributed by atoms with Gasteiger partial charge in [0.2, 0.25) is 5.82 Å². The Hall–Kier alpha value is -1.08. The van der Waals surface area contributed by atoms with Crippen LogP contribution in [0.25, 0.3) is 0 Å². The molecule has 4 nitrogen and oxygen atoms in total. The topological polar surface area (TPSA) is 47.0 Å². The molecular formula is C12H15ClF3N3O. The van der Waals surface area contributed by atoms with Crippen molar-refractivity contribution in [1.29, 1.82) is 0 Å². The average molecular weight is 310 g/mol. The van der Waals surface area contributed by atoms with E-state index in [1.807, 2.05) is 0 Å². The lowest BCUT2D eigenvalue weighted by Gasteiger charge is -2.33. The quantitative estimate of drug-likeness (QED) is 0.870. The molecule has 0 atom stereocenters. The Kier molecular flexibility index (Phi) is 4.39. The first-order valence-electron chi connectivity index (χ1n) is 6.22. The molecule has 0 unspecified atom stereocenters. The number of nitrogens with zero attached hydrogens (tertiary/aromatic N) is 2. The Morgan fingerprint density at radius 1 is 1.35 bits per heavy atom. The third-order valence-corrected chi connectivity index (χ3v) is 3.54. The summed E-state index contributed by atoms with van der Waals surface area (Å²) in [6.45, 7) is 3.91. The molecule has 0 aromatic carbocycles. The monoisotopic (exact) mass is 309 g/mol. The molecule has 0 spiro atoms. The van der Waals surface area contributed by atoms with Gasteiger partial charge in [0.05, 0.1) is 0 Å². The number of ether oxygens (including phenoxy) is 1. The van der Waals surface area contributed by atoms with Crippen LogP contribution >= 0.6 is 11.6 Å². The Bertz CT molecular complexity index is 476. The fraction of sp³-hybridized carbons (Fsp3) is 0.667. The largest absolute Gasteiger partial charge is 0.451 e. The summed E-state index contributed by atoms with van der Waals surface area (Å²) in [7, 11) is 0. The average Bonchev–Trinajstić information content (AvgIpc) is 2.36. The zero-order chi connectivity index (χ0) is 14.8. The van der Waals surface area contributed by atoms with Crippen molar-refractivity contribution < 1.29 is 17.9 Å². The summed E-state index contributed by atoms with van der Waals surface area (Å²) in [4.78, 5) is 6.64. The number of anilines is 1. The van der Waals surface area contributed by atoms with Crippen molar-refractivity contribution in [2.45, 2.75) is 25.9 Å². The first-order chi connectivity index (χ1) is 9.28. The molecule has 0 saturated carbocycles. The molecule has 112 valence electrons. The van der Waals surface area contributed by atoms with Gasteiger partial charge >= 0.3 is 6.18 Å².